The van der Waals surface area contributed by atoms with E-state index in [-0.39, 0.29) is 0 Å². The number of aromatic amines is 1. The van der Waals surface area contributed by atoms with E-state index >= 15 is 0 Å². The van der Waals surface area contributed by atoms with Gasteiger partial charge in [0.1, 0.15) is 5.65 Å². The lowest BCUT2D eigenvalue weighted by molar-refractivity contribution is 1.33. The predicted octanol–water partition coefficient (Wildman–Crippen LogP) is 3.37. The van der Waals surface area contributed by atoms with Crippen molar-refractivity contribution in [3.8, 4) is 0 Å². The van der Waals surface area contributed by atoms with Crippen LogP contribution in [0, 0.1) is 10.1 Å². The molecule has 0 saturated carbocycles. The monoisotopic (exact) mass is 303 g/mol. The van der Waals surface area contributed by atoms with Crippen LogP contribution in [0.3, 0.4) is 0 Å². The molecule has 0 radical (unpaired) electrons. The summed E-state index contributed by atoms with van der Waals surface area (Å²) in [6, 6.07) is 0. The Bertz CT molecular complexity index is 512. The summed E-state index contributed by atoms with van der Waals surface area (Å²) < 4.78 is 0.982. The fourth-order valence-electron chi connectivity index (χ4n) is 1.09. The van der Waals surface area contributed by atoms with Crippen LogP contribution in [0.1, 0.15) is 0 Å². The van der Waals surface area contributed by atoms with Crippen molar-refractivity contribution >= 4 is 50.9 Å². The summed E-state index contributed by atoms with van der Waals surface area (Å²) in [5.74, 6) is 0. The quantitative estimate of drug-likeness (QED) is 0.587. The van der Waals surface area contributed by atoms with Gasteiger partial charge in [-0.25, -0.2) is 4.85 Å². The number of hydrogen-bond acceptors (Lipinski definition) is 1. The molecule has 2 heterocycles. The number of fused-ring (bicyclic) bond motifs is 1. The molecule has 64 valence electrons. The van der Waals surface area contributed by atoms with E-state index in [1.54, 1.807) is 0 Å². The largest absolute Gasteiger partial charge is 0.345 e. The number of nitrogens with zero attached hydrogens (tertiary/aromatic N) is 2. The summed E-state index contributed by atoms with van der Waals surface area (Å²) in [4.78, 5) is 10.3. The maximum atomic E-state index is 6.87. The second-order valence-electron chi connectivity index (χ2n) is 2.43. The van der Waals surface area contributed by atoms with Crippen LogP contribution in [0.15, 0.2) is 12.4 Å². The summed E-state index contributed by atoms with van der Waals surface area (Å²) in [5.41, 5.74) is 1.12. The van der Waals surface area contributed by atoms with Crippen molar-refractivity contribution < 1.29 is 0 Å². The first-order valence-corrected chi connectivity index (χ1v) is 4.88. The van der Waals surface area contributed by atoms with E-state index in [4.69, 9.17) is 18.2 Å². The van der Waals surface area contributed by atoms with Gasteiger partial charge in [0, 0.05) is 21.4 Å². The Morgan fingerprint density at radius 3 is 3.08 bits per heavy atom. The molecule has 0 unspecified atom stereocenters. The average molecular weight is 303 g/mol. The Balaban J connectivity index is 2.93. The highest BCUT2D eigenvalue weighted by atomic mass is 127. The lowest BCUT2D eigenvalue weighted by Crippen LogP contribution is -1.77. The van der Waals surface area contributed by atoms with Gasteiger partial charge in [0.15, 0.2) is 0 Å². The van der Waals surface area contributed by atoms with Crippen molar-refractivity contribution in [2.24, 2.45) is 0 Å². The lowest BCUT2D eigenvalue weighted by atomic mass is 10.3. The van der Waals surface area contributed by atoms with Crippen molar-refractivity contribution in [2.75, 3.05) is 0 Å². The zero-order chi connectivity index (χ0) is 9.42. The predicted molar refractivity (Wildman–Crippen MR) is 60.1 cm³/mol. The molecule has 1 N–H and O–H groups in total. The van der Waals surface area contributed by atoms with E-state index in [9.17, 15) is 0 Å². The Labute approximate surface area is 93.1 Å². The molecule has 0 atom stereocenters. The van der Waals surface area contributed by atoms with Crippen LogP contribution in [0.4, 0.5) is 5.69 Å². The second kappa shape index (κ2) is 3.16. The Hall–Kier alpha value is -0.800. The molecule has 5 heteroatoms. The summed E-state index contributed by atoms with van der Waals surface area (Å²) in [7, 11) is 0. The molecule has 0 aliphatic rings. The molecule has 13 heavy (non-hydrogen) atoms. The van der Waals surface area contributed by atoms with Gasteiger partial charge >= 0.3 is 0 Å². The zero-order valence-corrected chi connectivity index (χ0v) is 9.22. The highest BCUT2D eigenvalue weighted by molar-refractivity contribution is 14.1. The van der Waals surface area contributed by atoms with Crippen molar-refractivity contribution in [3.63, 3.8) is 0 Å². The van der Waals surface area contributed by atoms with Gasteiger partial charge in [-0.1, -0.05) is 11.6 Å². The third-order valence-electron chi connectivity index (χ3n) is 1.69. The van der Waals surface area contributed by atoms with Gasteiger partial charge in [0.05, 0.1) is 11.6 Å². The number of aromatic nitrogens is 2. The molecule has 0 saturated heterocycles. The van der Waals surface area contributed by atoms with Crippen LogP contribution >= 0.6 is 34.2 Å². The summed E-state index contributed by atoms with van der Waals surface area (Å²) in [6.07, 6.45) is 3.29. The molecule has 2 rings (SSSR count). The number of hydrogen-bond donors (Lipinski definition) is 1. The van der Waals surface area contributed by atoms with Gasteiger partial charge in [-0.3, -0.25) is 4.98 Å². The second-order valence-corrected chi connectivity index (χ2v) is 3.97. The number of pyridine rings is 1. The smallest absolute Gasteiger partial charge is 0.224 e. The Kier molecular flexibility index (Phi) is 2.14. The van der Waals surface area contributed by atoms with Crippen LogP contribution in [0.5, 0.6) is 0 Å². The standard InChI is InChI=1S/C8H3ClIN3/c1-11-5-3-13-8-6(7(5)9)4(10)2-12-8/h2-3H,(H,12,13). The maximum absolute atomic E-state index is 6.87. The van der Waals surface area contributed by atoms with Crippen LogP contribution in [0.2, 0.25) is 5.02 Å². The van der Waals surface area contributed by atoms with Crippen molar-refractivity contribution in [1.82, 2.24) is 9.97 Å². The van der Waals surface area contributed by atoms with E-state index in [2.05, 4.69) is 37.4 Å². The van der Waals surface area contributed by atoms with E-state index in [1.165, 1.54) is 6.20 Å². The van der Waals surface area contributed by atoms with E-state index in [0.717, 1.165) is 14.6 Å². The molecule has 2 aromatic heterocycles. The lowest BCUT2D eigenvalue weighted by Gasteiger charge is -1.96. The first kappa shape index (κ1) is 8.78. The van der Waals surface area contributed by atoms with Gasteiger partial charge in [-0.05, 0) is 22.6 Å². The molecule has 0 aromatic carbocycles. The van der Waals surface area contributed by atoms with Gasteiger partial charge in [-0.15, -0.1) is 0 Å². The minimum absolute atomic E-state index is 0.395. The molecule has 0 spiro atoms. The molecule has 2 aromatic rings. The number of halogens is 2. The number of rotatable bonds is 0. The third-order valence-corrected chi connectivity index (χ3v) is 2.93. The van der Waals surface area contributed by atoms with Gasteiger partial charge < -0.3 is 4.98 Å². The van der Waals surface area contributed by atoms with Crippen LogP contribution < -0.4 is 0 Å². The fourth-order valence-corrected chi connectivity index (χ4v) is 2.21. The fraction of sp³-hybridized carbons (Fsp3) is 0. The van der Waals surface area contributed by atoms with E-state index in [0.29, 0.717) is 10.7 Å². The summed E-state index contributed by atoms with van der Waals surface area (Å²) >= 11 is 8.16. The zero-order valence-electron chi connectivity index (χ0n) is 6.31. The number of nitrogens with one attached hydrogen (secondary N) is 1. The molecular weight excluding hydrogens is 300 g/mol. The molecule has 0 fully saturated rings. The van der Waals surface area contributed by atoms with Gasteiger partial charge in [0.2, 0.25) is 5.69 Å². The van der Waals surface area contributed by atoms with Crippen molar-refractivity contribution in [1.29, 1.82) is 0 Å². The topological polar surface area (TPSA) is 33.0 Å². The first-order valence-electron chi connectivity index (χ1n) is 3.42. The highest BCUT2D eigenvalue weighted by Gasteiger charge is 2.10. The third kappa shape index (κ3) is 1.28. The molecular formula is C8H3ClIN3. The Morgan fingerprint density at radius 1 is 1.62 bits per heavy atom. The minimum atomic E-state index is 0.395. The summed E-state index contributed by atoms with van der Waals surface area (Å²) in [5, 5.41) is 1.31. The highest BCUT2D eigenvalue weighted by Crippen LogP contribution is 2.33. The SMILES string of the molecule is [C-]#[N+]c1cnc2[nH]cc(I)c2c1Cl. The molecule has 0 amide bonds. The minimum Gasteiger partial charge on any atom is -0.345 e. The maximum Gasteiger partial charge on any atom is 0.224 e. The summed E-state index contributed by atoms with van der Waals surface area (Å²) in [6.45, 7) is 6.87. The van der Waals surface area contributed by atoms with Crippen LogP contribution in [-0.2, 0) is 0 Å². The van der Waals surface area contributed by atoms with Crippen LogP contribution in [0.25, 0.3) is 15.9 Å². The Morgan fingerprint density at radius 2 is 2.38 bits per heavy atom. The van der Waals surface area contributed by atoms with Crippen molar-refractivity contribution in [2.45, 2.75) is 0 Å². The molecule has 0 bridgehead atoms. The molecule has 0 aliphatic carbocycles. The van der Waals surface area contributed by atoms with E-state index < -0.39 is 0 Å². The van der Waals surface area contributed by atoms with Crippen molar-refractivity contribution in [3.05, 3.63) is 32.4 Å². The van der Waals surface area contributed by atoms with Gasteiger partial charge in [-0.2, -0.15) is 0 Å². The van der Waals surface area contributed by atoms with Crippen LogP contribution in [-0.4, -0.2) is 9.97 Å². The molecule has 0 aliphatic heterocycles. The molecule has 3 nitrogen and oxygen atoms in total. The van der Waals surface area contributed by atoms with E-state index in [1.807, 2.05) is 6.20 Å². The number of H-pyrrole nitrogens is 1. The average Bonchev–Trinajstić information content (AvgIpc) is 2.49. The van der Waals surface area contributed by atoms with Gasteiger partial charge in [0.25, 0.3) is 0 Å². The first-order chi connectivity index (χ1) is 6.24. The normalized spacial score (nSPS) is 10.2.